The van der Waals surface area contributed by atoms with E-state index in [-0.39, 0.29) is 16.7 Å². The summed E-state index contributed by atoms with van der Waals surface area (Å²) in [5, 5.41) is 12.5. The highest BCUT2D eigenvalue weighted by atomic mass is 35.5. The van der Waals surface area contributed by atoms with Crippen LogP contribution in [0.25, 0.3) is 0 Å². The Labute approximate surface area is 126 Å². The van der Waals surface area contributed by atoms with Gasteiger partial charge < -0.3 is 16.2 Å². The lowest BCUT2D eigenvalue weighted by atomic mass is 10.1. The van der Waals surface area contributed by atoms with Gasteiger partial charge in [-0.25, -0.2) is 0 Å². The van der Waals surface area contributed by atoms with Gasteiger partial charge in [0.15, 0.2) is 0 Å². The average molecular weight is 311 g/mol. The predicted molar refractivity (Wildman–Crippen MR) is 81.7 cm³/mol. The molecular formula is C14H12Cl2N2O2. The number of hydrogen-bond acceptors (Lipinski definition) is 3. The number of nitrogen functional groups attached to an aromatic ring is 1. The Morgan fingerprint density at radius 1 is 1.20 bits per heavy atom. The first-order valence-electron chi connectivity index (χ1n) is 5.74. The summed E-state index contributed by atoms with van der Waals surface area (Å²) in [5.41, 5.74) is 7.83. The summed E-state index contributed by atoms with van der Waals surface area (Å²) < 4.78 is 0. The molecule has 6 heteroatoms. The van der Waals surface area contributed by atoms with Gasteiger partial charge in [0.1, 0.15) is 5.75 Å². The smallest absolute Gasteiger partial charge is 0.255 e. The van der Waals surface area contributed by atoms with E-state index in [1.54, 1.807) is 12.1 Å². The molecule has 0 fully saturated rings. The highest BCUT2D eigenvalue weighted by molar-refractivity contribution is 6.33. The fraction of sp³-hybridized carbons (Fsp3) is 0.0714. The topological polar surface area (TPSA) is 75.3 Å². The highest BCUT2D eigenvalue weighted by Crippen LogP contribution is 2.28. The molecule has 0 unspecified atom stereocenters. The highest BCUT2D eigenvalue weighted by Gasteiger charge is 2.11. The van der Waals surface area contributed by atoms with Gasteiger partial charge >= 0.3 is 0 Å². The number of halogens is 2. The molecule has 0 atom stereocenters. The minimum absolute atomic E-state index is 0.0741. The van der Waals surface area contributed by atoms with E-state index in [0.717, 1.165) is 5.56 Å². The van der Waals surface area contributed by atoms with Crippen LogP contribution >= 0.6 is 23.2 Å². The van der Waals surface area contributed by atoms with Crippen LogP contribution in [0.5, 0.6) is 5.75 Å². The molecule has 4 nitrogen and oxygen atoms in total. The number of phenolic OH excluding ortho intramolecular Hbond substituents is 1. The Kier molecular flexibility index (Phi) is 4.06. The molecule has 2 rings (SSSR count). The van der Waals surface area contributed by atoms with Crippen molar-refractivity contribution in [2.45, 2.75) is 6.92 Å². The SMILES string of the molecule is Cc1cc(N)c(Cl)cc1NC(=O)c1ccc(O)c(Cl)c1. The molecule has 104 valence electrons. The number of nitrogens with two attached hydrogens (primary N) is 1. The average Bonchev–Trinajstić information content (AvgIpc) is 2.39. The number of phenols is 1. The van der Waals surface area contributed by atoms with Crippen molar-refractivity contribution < 1.29 is 9.90 Å². The molecule has 4 N–H and O–H groups in total. The minimum atomic E-state index is -0.351. The lowest BCUT2D eigenvalue weighted by molar-refractivity contribution is 0.102. The lowest BCUT2D eigenvalue weighted by Gasteiger charge is -2.11. The van der Waals surface area contributed by atoms with Crippen LogP contribution in [0.2, 0.25) is 10.0 Å². The Hall–Kier alpha value is -1.91. The number of carbonyl (C=O) groups excluding carboxylic acids is 1. The van der Waals surface area contributed by atoms with Crippen molar-refractivity contribution in [2.24, 2.45) is 0 Å². The van der Waals surface area contributed by atoms with Crippen molar-refractivity contribution in [2.75, 3.05) is 11.1 Å². The first-order chi connectivity index (χ1) is 9.38. The van der Waals surface area contributed by atoms with E-state index in [2.05, 4.69) is 5.32 Å². The number of benzene rings is 2. The van der Waals surface area contributed by atoms with E-state index in [1.165, 1.54) is 18.2 Å². The van der Waals surface area contributed by atoms with E-state index < -0.39 is 0 Å². The zero-order chi connectivity index (χ0) is 14.9. The maximum atomic E-state index is 12.1. The fourth-order valence-corrected chi connectivity index (χ4v) is 2.03. The van der Waals surface area contributed by atoms with E-state index in [0.29, 0.717) is 22.0 Å². The second-order valence-electron chi connectivity index (χ2n) is 4.31. The molecule has 0 radical (unpaired) electrons. The summed E-state index contributed by atoms with van der Waals surface area (Å²) in [6.45, 7) is 1.81. The Morgan fingerprint density at radius 3 is 2.55 bits per heavy atom. The lowest BCUT2D eigenvalue weighted by Crippen LogP contribution is -2.13. The van der Waals surface area contributed by atoms with Crippen molar-refractivity contribution in [1.29, 1.82) is 0 Å². The summed E-state index contributed by atoms with van der Waals surface area (Å²) in [6, 6.07) is 7.50. The molecule has 20 heavy (non-hydrogen) atoms. The van der Waals surface area contributed by atoms with E-state index in [9.17, 15) is 9.90 Å². The number of aromatic hydroxyl groups is 1. The van der Waals surface area contributed by atoms with Crippen molar-refractivity contribution in [3.05, 3.63) is 51.5 Å². The van der Waals surface area contributed by atoms with Gasteiger partial charge in [0.05, 0.1) is 15.7 Å². The molecular weight excluding hydrogens is 299 g/mol. The zero-order valence-electron chi connectivity index (χ0n) is 10.6. The third-order valence-electron chi connectivity index (χ3n) is 2.80. The van der Waals surface area contributed by atoms with Crippen molar-refractivity contribution in [3.8, 4) is 5.75 Å². The van der Waals surface area contributed by atoms with Crippen molar-refractivity contribution in [1.82, 2.24) is 0 Å². The summed E-state index contributed by atoms with van der Waals surface area (Å²) in [4.78, 5) is 12.1. The largest absolute Gasteiger partial charge is 0.506 e. The number of amides is 1. The first-order valence-corrected chi connectivity index (χ1v) is 6.49. The van der Waals surface area contributed by atoms with Gasteiger partial charge in [0.2, 0.25) is 0 Å². The van der Waals surface area contributed by atoms with Crippen LogP contribution in [-0.4, -0.2) is 11.0 Å². The molecule has 0 spiro atoms. The second kappa shape index (κ2) is 5.61. The van der Waals surface area contributed by atoms with Crippen LogP contribution in [0, 0.1) is 6.92 Å². The Morgan fingerprint density at radius 2 is 1.90 bits per heavy atom. The first kappa shape index (κ1) is 14.5. The predicted octanol–water partition coefficient (Wildman–Crippen LogP) is 3.84. The van der Waals surface area contributed by atoms with E-state index in [4.69, 9.17) is 28.9 Å². The number of rotatable bonds is 2. The molecule has 0 saturated heterocycles. The van der Waals surface area contributed by atoms with Gasteiger partial charge in [0.25, 0.3) is 5.91 Å². The monoisotopic (exact) mass is 310 g/mol. The van der Waals surface area contributed by atoms with E-state index in [1.807, 2.05) is 6.92 Å². The summed E-state index contributed by atoms with van der Waals surface area (Å²) in [7, 11) is 0. The molecule has 0 aromatic heterocycles. The molecule has 0 aliphatic heterocycles. The summed E-state index contributed by atoms with van der Waals surface area (Å²) in [5.74, 6) is -0.425. The van der Waals surface area contributed by atoms with E-state index >= 15 is 0 Å². The van der Waals surface area contributed by atoms with Gasteiger partial charge in [-0.2, -0.15) is 0 Å². The van der Waals surface area contributed by atoms with Crippen LogP contribution in [0.3, 0.4) is 0 Å². The normalized spacial score (nSPS) is 10.3. The minimum Gasteiger partial charge on any atom is -0.506 e. The van der Waals surface area contributed by atoms with Crippen LogP contribution in [-0.2, 0) is 0 Å². The summed E-state index contributed by atoms with van der Waals surface area (Å²) >= 11 is 11.7. The summed E-state index contributed by atoms with van der Waals surface area (Å²) in [6.07, 6.45) is 0. The van der Waals surface area contributed by atoms with Gasteiger partial charge in [-0.1, -0.05) is 23.2 Å². The number of anilines is 2. The molecule has 2 aromatic carbocycles. The molecule has 0 heterocycles. The van der Waals surface area contributed by atoms with Gasteiger partial charge in [-0.15, -0.1) is 0 Å². The standard InChI is InChI=1S/C14H12Cl2N2O2/c1-7-4-11(17)9(15)6-12(7)18-14(20)8-2-3-13(19)10(16)5-8/h2-6,19H,17H2,1H3,(H,18,20). The zero-order valence-corrected chi connectivity index (χ0v) is 12.1. The molecule has 0 saturated carbocycles. The Balaban J connectivity index is 2.27. The van der Waals surface area contributed by atoms with Crippen LogP contribution in [0.15, 0.2) is 30.3 Å². The quantitative estimate of drug-likeness (QED) is 0.738. The fourth-order valence-electron chi connectivity index (χ4n) is 1.68. The molecule has 0 aliphatic carbocycles. The third-order valence-corrected chi connectivity index (χ3v) is 3.43. The number of nitrogens with one attached hydrogen (secondary N) is 1. The second-order valence-corrected chi connectivity index (χ2v) is 5.12. The van der Waals surface area contributed by atoms with Gasteiger partial charge in [0, 0.05) is 11.3 Å². The van der Waals surface area contributed by atoms with Crippen molar-refractivity contribution in [3.63, 3.8) is 0 Å². The Bertz CT molecular complexity index is 687. The third kappa shape index (κ3) is 2.98. The number of aryl methyl sites for hydroxylation is 1. The molecule has 1 amide bonds. The maximum absolute atomic E-state index is 12.1. The van der Waals surface area contributed by atoms with Gasteiger partial charge in [-0.05, 0) is 42.8 Å². The molecule has 0 bridgehead atoms. The molecule has 2 aromatic rings. The van der Waals surface area contributed by atoms with Crippen LogP contribution in [0.1, 0.15) is 15.9 Å². The number of hydrogen-bond donors (Lipinski definition) is 3. The van der Waals surface area contributed by atoms with Gasteiger partial charge in [-0.3, -0.25) is 4.79 Å². The van der Waals surface area contributed by atoms with Crippen LogP contribution < -0.4 is 11.1 Å². The molecule has 0 aliphatic rings. The van der Waals surface area contributed by atoms with Crippen LogP contribution in [0.4, 0.5) is 11.4 Å². The maximum Gasteiger partial charge on any atom is 0.255 e. The number of carbonyl (C=O) groups is 1. The van der Waals surface area contributed by atoms with Crippen molar-refractivity contribution >= 4 is 40.5 Å².